The van der Waals surface area contributed by atoms with Gasteiger partial charge in [-0.1, -0.05) is 6.07 Å². The third-order valence-electron chi connectivity index (χ3n) is 2.60. The minimum absolute atomic E-state index is 0.408. The molecule has 0 spiro atoms. The highest BCUT2D eigenvalue weighted by molar-refractivity contribution is 7.80. The van der Waals surface area contributed by atoms with Crippen LogP contribution in [-0.2, 0) is 0 Å². The quantitative estimate of drug-likeness (QED) is 0.592. The molecular formula is C14H17N5OS. The molecule has 1 aromatic heterocycles. The molecule has 0 bridgehead atoms. The molecule has 21 heavy (non-hydrogen) atoms. The Kier molecular flexibility index (Phi) is 4.89. The lowest BCUT2D eigenvalue weighted by atomic mass is 10.3. The first-order valence-corrected chi connectivity index (χ1v) is 6.77. The van der Waals surface area contributed by atoms with Crippen molar-refractivity contribution in [1.29, 1.82) is 0 Å². The van der Waals surface area contributed by atoms with Crippen molar-refractivity contribution in [2.75, 3.05) is 17.9 Å². The summed E-state index contributed by atoms with van der Waals surface area (Å²) in [6.45, 7) is 3.82. The van der Waals surface area contributed by atoms with Crippen LogP contribution >= 0.6 is 12.2 Å². The summed E-state index contributed by atoms with van der Waals surface area (Å²) in [5.41, 5.74) is 8.32. The number of nitrogens with zero attached hydrogens (tertiary/aromatic N) is 2. The lowest BCUT2D eigenvalue weighted by Crippen LogP contribution is -2.34. The number of methoxy groups -OCH3 is 1. The maximum absolute atomic E-state index is 5.20. The van der Waals surface area contributed by atoms with Crippen molar-refractivity contribution in [2.24, 2.45) is 0 Å². The number of aryl methyl sites for hydroxylation is 2. The lowest BCUT2D eigenvalue weighted by Gasteiger charge is -2.12. The first kappa shape index (κ1) is 15.0. The monoisotopic (exact) mass is 303 g/mol. The summed E-state index contributed by atoms with van der Waals surface area (Å²) in [6.07, 6.45) is 0. The van der Waals surface area contributed by atoms with Crippen molar-refractivity contribution in [1.82, 2.24) is 15.4 Å². The number of hydrazine groups is 1. The number of anilines is 2. The molecule has 0 aliphatic heterocycles. The maximum Gasteiger partial charge on any atom is 0.242 e. The van der Waals surface area contributed by atoms with Gasteiger partial charge in [0, 0.05) is 23.1 Å². The topological polar surface area (TPSA) is 71.1 Å². The molecule has 6 nitrogen and oxygen atoms in total. The average Bonchev–Trinajstić information content (AvgIpc) is 2.44. The molecule has 0 saturated carbocycles. The zero-order valence-corrected chi connectivity index (χ0v) is 12.9. The smallest absolute Gasteiger partial charge is 0.242 e. The first-order chi connectivity index (χ1) is 10.1. The van der Waals surface area contributed by atoms with Crippen LogP contribution in [0.2, 0.25) is 0 Å². The van der Waals surface area contributed by atoms with E-state index >= 15 is 0 Å². The van der Waals surface area contributed by atoms with E-state index in [0.717, 1.165) is 22.8 Å². The fourth-order valence-corrected chi connectivity index (χ4v) is 1.93. The molecule has 1 heterocycles. The van der Waals surface area contributed by atoms with Gasteiger partial charge in [-0.2, -0.15) is 0 Å². The molecule has 1 aromatic carbocycles. The number of hydrogen-bond acceptors (Lipinski definition) is 5. The second-order valence-electron chi connectivity index (χ2n) is 4.41. The van der Waals surface area contributed by atoms with E-state index in [9.17, 15) is 0 Å². The molecule has 0 amide bonds. The van der Waals surface area contributed by atoms with E-state index in [2.05, 4.69) is 26.1 Å². The van der Waals surface area contributed by atoms with E-state index in [1.54, 1.807) is 7.11 Å². The van der Waals surface area contributed by atoms with Gasteiger partial charge in [0.05, 0.1) is 7.11 Å². The van der Waals surface area contributed by atoms with Gasteiger partial charge in [0.1, 0.15) is 5.75 Å². The van der Waals surface area contributed by atoms with Gasteiger partial charge in [-0.3, -0.25) is 10.9 Å². The normalized spacial score (nSPS) is 9.86. The van der Waals surface area contributed by atoms with Gasteiger partial charge in [0.15, 0.2) is 5.11 Å². The van der Waals surface area contributed by atoms with Crippen molar-refractivity contribution in [3.63, 3.8) is 0 Å². The molecular weight excluding hydrogens is 286 g/mol. The van der Waals surface area contributed by atoms with Crippen LogP contribution in [0.4, 0.5) is 11.6 Å². The van der Waals surface area contributed by atoms with E-state index in [-0.39, 0.29) is 0 Å². The third-order valence-corrected chi connectivity index (χ3v) is 2.80. The van der Waals surface area contributed by atoms with E-state index < -0.39 is 0 Å². The fourth-order valence-electron chi connectivity index (χ4n) is 1.76. The Morgan fingerprint density at radius 3 is 2.52 bits per heavy atom. The number of rotatable bonds is 4. The van der Waals surface area contributed by atoms with Crippen molar-refractivity contribution in [3.8, 4) is 5.75 Å². The van der Waals surface area contributed by atoms with Gasteiger partial charge >= 0.3 is 0 Å². The van der Waals surface area contributed by atoms with Crippen molar-refractivity contribution < 1.29 is 4.74 Å². The van der Waals surface area contributed by atoms with Crippen molar-refractivity contribution in [3.05, 3.63) is 41.7 Å². The Bertz CT molecular complexity index is 627. The summed E-state index contributed by atoms with van der Waals surface area (Å²) in [5.74, 6) is 1.23. The summed E-state index contributed by atoms with van der Waals surface area (Å²) in [7, 11) is 1.62. The summed E-state index contributed by atoms with van der Waals surface area (Å²) < 4.78 is 5.15. The molecule has 0 aliphatic rings. The van der Waals surface area contributed by atoms with Crippen LogP contribution in [0.5, 0.6) is 5.75 Å². The van der Waals surface area contributed by atoms with Gasteiger partial charge in [-0.15, -0.1) is 0 Å². The number of hydrogen-bond donors (Lipinski definition) is 3. The van der Waals surface area contributed by atoms with Crippen molar-refractivity contribution in [2.45, 2.75) is 13.8 Å². The Hall–Kier alpha value is -2.41. The minimum atomic E-state index is 0.408. The van der Waals surface area contributed by atoms with Crippen LogP contribution < -0.4 is 20.9 Å². The van der Waals surface area contributed by atoms with Crippen LogP contribution in [-0.4, -0.2) is 22.2 Å². The number of ether oxygens (including phenoxy) is 1. The molecule has 2 aromatic rings. The highest BCUT2D eigenvalue weighted by atomic mass is 32.1. The second kappa shape index (κ2) is 6.85. The molecule has 0 aliphatic carbocycles. The summed E-state index contributed by atoms with van der Waals surface area (Å²) in [6, 6.07) is 9.39. The molecule has 0 atom stereocenters. The van der Waals surface area contributed by atoms with Crippen LogP contribution in [0, 0.1) is 13.8 Å². The van der Waals surface area contributed by atoms with Crippen molar-refractivity contribution >= 4 is 29.0 Å². The molecule has 0 unspecified atom stereocenters. The Morgan fingerprint density at radius 2 is 1.86 bits per heavy atom. The number of thiocarbonyl (C=S) groups is 1. The summed E-state index contributed by atoms with van der Waals surface area (Å²) in [5, 5.41) is 3.45. The van der Waals surface area contributed by atoms with Crippen LogP contribution in [0.25, 0.3) is 0 Å². The highest BCUT2D eigenvalue weighted by Gasteiger charge is 2.01. The average molecular weight is 303 g/mol. The molecule has 3 N–H and O–H groups in total. The SMILES string of the molecule is COc1cccc(NC(=S)NNc2nc(C)cc(C)n2)c1. The van der Waals surface area contributed by atoms with Gasteiger partial charge in [0.25, 0.3) is 0 Å². The number of nitrogens with one attached hydrogen (secondary N) is 3. The predicted octanol–water partition coefficient (Wildman–Crippen LogP) is 2.42. The minimum Gasteiger partial charge on any atom is -0.497 e. The molecule has 2 rings (SSSR count). The van der Waals surface area contributed by atoms with Crippen LogP contribution in [0.1, 0.15) is 11.4 Å². The second-order valence-corrected chi connectivity index (χ2v) is 4.82. The summed E-state index contributed by atoms with van der Waals surface area (Å²) in [4.78, 5) is 8.50. The number of aromatic nitrogens is 2. The molecule has 0 fully saturated rings. The molecule has 0 saturated heterocycles. The van der Waals surface area contributed by atoms with E-state index in [4.69, 9.17) is 17.0 Å². The summed E-state index contributed by atoms with van der Waals surface area (Å²) >= 11 is 5.20. The lowest BCUT2D eigenvalue weighted by molar-refractivity contribution is 0.415. The van der Waals surface area contributed by atoms with Gasteiger partial charge in [-0.25, -0.2) is 9.97 Å². The van der Waals surface area contributed by atoms with Gasteiger partial charge in [-0.05, 0) is 44.3 Å². The highest BCUT2D eigenvalue weighted by Crippen LogP contribution is 2.16. The molecule has 7 heteroatoms. The molecule has 110 valence electrons. The molecule has 0 radical (unpaired) electrons. The predicted molar refractivity (Wildman–Crippen MR) is 87.5 cm³/mol. The number of benzene rings is 1. The van der Waals surface area contributed by atoms with E-state index in [1.165, 1.54) is 0 Å². The standard InChI is InChI=1S/C14H17N5OS/c1-9-7-10(2)16-13(15-9)18-19-14(21)17-11-5-4-6-12(8-11)20-3/h4-8H,1-3H3,(H,15,16,18)(H2,17,19,21). The Morgan fingerprint density at radius 1 is 1.14 bits per heavy atom. The third kappa shape index (κ3) is 4.57. The Balaban J connectivity index is 1.92. The van der Waals surface area contributed by atoms with E-state index in [1.807, 2.05) is 44.2 Å². The zero-order chi connectivity index (χ0) is 15.2. The van der Waals surface area contributed by atoms with Gasteiger partial charge < -0.3 is 10.1 Å². The van der Waals surface area contributed by atoms with Gasteiger partial charge in [0.2, 0.25) is 5.95 Å². The fraction of sp³-hybridized carbons (Fsp3) is 0.214. The first-order valence-electron chi connectivity index (χ1n) is 6.36. The van der Waals surface area contributed by atoms with E-state index in [0.29, 0.717) is 11.1 Å². The zero-order valence-electron chi connectivity index (χ0n) is 12.1. The largest absolute Gasteiger partial charge is 0.497 e. The van der Waals surface area contributed by atoms with Crippen LogP contribution in [0.3, 0.4) is 0 Å². The Labute approximate surface area is 128 Å². The van der Waals surface area contributed by atoms with Crippen LogP contribution in [0.15, 0.2) is 30.3 Å². The maximum atomic E-state index is 5.20.